The van der Waals surface area contributed by atoms with Gasteiger partial charge >= 0.3 is 0 Å². The van der Waals surface area contributed by atoms with Gasteiger partial charge < -0.3 is 14.1 Å². The zero-order valence-electron chi connectivity index (χ0n) is 14.6. The van der Waals surface area contributed by atoms with Gasteiger partial charge in [0.1, 0.15) is 17.8 Å². The number of rotatable bonds is 6. The smallest absolute Gasteiger partial charge is 0.275 e. The Morgan fingerprint density at radius 3 is 2.54 bits per heavy atom. The molecule has 3 rings (SSSR count). The number of benzene rings is 2. The van der Waals surface area contributed by atoms with E-state index in [-0.39, 0.29) is 29.9 Å². The summed E-state index contributed by atoms with van der Waals surface area (Å²) in [5.41, 5.74) is 2.43. The number of carbonyl (C=O) groups excluding carboxylic acids is 1. The minimum Gasteiger partial charge on any atom is -0.484 e. The summed E-state index contributed by atoms with van der Waals surface area (Å²) in [5.74, 6) is 0.204. The highest BCUT2D eigenvalue weighted by Crippen LogP contribution is 2.14. The molecule has 0 atom stereocenters. The van der Waals surface area contributed by atoms with Crippen LogP contribution in [0.2, 0.25) is 0 Å². The Morgan fingerprint density at radius 1 is 1.15 bits per heavy atom. The number of hydrogen-bond acceptors (Lipinski definition) is 4. The van der Waals surface area contributed by atoms with Crippen LogP contribution in [0.15, 0.2) is 59.2 Å². The number of oxazole rings is 1. The first-order valence-corrected chi connectivity index (χ1v) is 8.15. The SMILES string of the molecule is Cc1ccc(CN(C)C(=O)c2coc(COc3ccc(F)cc3)n2)cc1. The number of hydrogen-bond donors (Lipinski definition) is 0. The van der Waals surface area contributed by atoms with Gasteiger partial charge in [-0.2, -0.15) is 0 Å². The fourth-order valence-corrected chi connectivity index (χ4v) is 2.39. The maximum absolute atomic E-state index is 12.9. The molecule has 0 fully saturated rings. The summed E-state index contributed by atoms with van der Waals surface area (Å²) >= 11 is 0. The van der Waals surface area contributed by atoms with Gasteiger partial charge in [0.2, 0.25) is 5.89 Å². The van der Waals surface area contributed by atoms with Crippen molar-refractivity contribution in [2.75, 3.05) is 7.05 Å². The molecule has 134 valence electrons. The molecule has 6 heteroatoms. The molecular weight excluding hydrogens is 335 g/mol. The molecule has 3 aromatic rings. The van der Waals surface area contributed by atoms with Gasteiger partial charge in [0.25, 0.3) is 5.91 Å². The monoisotopic (exact) mass is 354 g/mol. The quantitative estimate of drug-likeness (QED) is 0.672. The lowest BCUT2D eigenvalue weighted by Crippen LogP contribution is -2.26. The first-order chi connectivity index (χ1) is 12.5. The molecule has 0 radical (unpaired) electrons. The molecule has 0 saturated carbocycles. The van der Waals surface area contributed by atoms with E-state index in [2.05, 4.69) is 4.98 Å². The minimum absolute atomic E-state index is 0.0561. The Bertz CT molecular complexity index is 873. The first kappa shape index (κ1) is 17.7. The standard InChI is InChI=1S/C20H19FN2O3/c1-14-3-5-15(6-4-14)11-23(2)20(24)18-12-26-19(22-18)13-25-17-9-7-16(21)8-10-17/h3-10,12H,11,13H2,1-2H3. The maximum Gasteiger partial charge on any atom is 0.275 e. The highest BCUT2D eigenvalue weighted by molar-refractivity contribution is 5.91. The average molecular weight is 354 g/mol. The molecular formula is C20H19FN2O3. The zero-order chi connectivity index (χ0) is 18.5. The predicted molar refractivity (Wildman–Crippen MR) is 94.2 cm³/mol. The number of aromatic nitrogens is 1. The normalized spacial score (nSPS) is 10.6. The van der Waals surface area contributed by atoms with Crippen molar-refractivity contribution >= 4 is 5.91 Å². The van der Waals surface area contributed by atoms with Crippen molar-refractivity contribution in [3.05, 3.63) is 83.3 Å². The third-order valence-electron chi connectivity index (χ3n) is 3.83. The highest BCUT2D eigenvalue weighted by Gasteiger charge is 2.17. The molecule has 0 aliphatic heterocycles. The Kier molecular flexibility index (Phi) is 5.31. The van der Waals surface area contributed by atoms with Crippen LogP contribution in [-0.2, 0) is 13.2 Å². The Hall–Kier alpha value is -3.15. The van der Waals surface area contributed by atoms with Crippen molar-refractivity contribution in [3.8, 4) is 5.75 Å². The van der Waals surface area contributed by atoms with Crippen molar-refractivity contribution in [1.82, 2.24) is 9.88 Å². The molecule has 5 nitrogen and oxygen atoms in total. The fraction of sp³-hybridized carbons (Fsp3) is 0.200. The lowest BCUT2D eigenvalue weighted by Gasteiger charge is -2.15. The molecule has 2 aromatic carbocycles. The summed E-state index contributed by atoms with van der Waals surface area (Å²) in [4.78, 5) is 18.2. The maximum atomic E-state index is 12.9. The van der Waals surface area contributed by atoms with Gasteiger partial charge in [-0.05, 0) is 36.8 Å². The molecule has 0 aliphatic carbocycles. The molecule has 1 aromatic heterocycles. The lowest BCUT2D eigenvalue weighted by atomic mass is 10.1. The number of ether oxygens (including phenoxy) is 1. The van der Waals surface area contributed by atoms with Crippen molar-refractivity contribution < 1.29 is 18.3 Å². The molecule has 0 saturated heterocycles. The second-order valence-electron chi connectivity index (χ2n) is 6.02. The van der Waals surface area contributed by atoms with Crippen molar-refractivity contribution in [2.24, 2.45) is 0 Å². The summed E-state index contributed by atoms with van der Waals surface area (Å²) in [6, 6.07) is 13.6. The number of nitrogens with zero attached hydrogens (tertiary/aromatic N) is 2. The summed E-state index contributed by atoms with van der Waals surface area (Å²) in [5, 5.41) is 0. The van der Waals surface area contributed by atoms with E-state index in [0.29, 0.717) is 12.3 Å². The van der Waals surface area contributed by atoms with Crippen LogP contribution in [0.1, 0.15) is 27.5 Å². The van der Waals surface area contributed by atoms with E-state index in [9.17, 15) is 9.18 Å². The molecule has 1 amide bonds. The summed E-state index contributed by atoms with van der Waals surface area (Å²) in [6.07, 6.45) is 1.32. The van der Waals surface area contributed by atoms with E-state index in [1.54, 1.807) is 11.9 Å². The summed E-state index contributed by atoms with van der Waals surface area (Å²) in [7, 11) is 1.71. The van der Waals surface area contributed by atoms with E-state index in [1.807, 2.05) is 31.2 Å². The fourth-order valence-electron chi connectivity index (χ4n) is 2.39. The van der Waals surface area contributed by atoms with Gasteiger partial charge in [0.05, 0.1) is 0 Å². The van der Waals surface area contributed by atoms with Crippen LogP contribution >= 0.6 is 0 Å². The van der Waals surface area contributed by atoms with E-state index in [0.717, 1.165) is 5.56 Å². The van der Waals surface area contributed by atoms with Gasteiger partial charge in [0, 0.05) is 13.6 Å². The van der Waals surface area contributed by atoms with Gasteiger partial charge in [-0.25, -0.2) is 9.37 Å². The first-order valence-electron chi connectivity index (χ1n) is 8.15. The van der Waals surface area contributed by atoms with Gasteiger partial charge in [0.15, 0.2) is 12.3 Å². The molecule has 0 spiro atoms. The van der Waals surface area contributed by atoms with Crippen LogP contribution in [0.25, 0.3) is 0 Å². The van der Waals surface area contributed by atoms with Crippen LogP contribution in [0, 0.1) is 12.7 Å². The predicted octanol–water partition coefficient (Wildman–Crippen LogP) is 3.97. The summed E-state index contributed by atoms with van der Waals surface area (Å²) < 4.78 is 23.6. The third kappa shape index (κ3) is 4.47. The second-order valence-corrected chi connectivity index (χ2v) is 6.02. The molecule has 1 heterocycles. The van der Waals surface area contributed by atoms with E-state index in [4.69, 9.17) is 9.15 Å². The van der Waals surface area contributed by atoms with Crippen LogP contribution in [-0.4, -0.2) is 22.8 Å². The molecule has 0 unspecified atom stereocenters. The Labute approximate surface area is 151 Å². The molecule has 0 bridgehead atoms. The Morgan fingerprint density at radius 2 is 1.85 bits per heavy atom. The summed E-state index contributed by atoms with van der Waals surface area (Å²) in [6.45, 7) is 2.55. The van der Waals surface area contributed by atoms with Crippen LogP contribution < -0.4 is 4.74 Å². The van der Waals surface area contributed by atoms with E-state index >= 15 is 0 Å². The molecule has 0 aliphatic rings. The largest absolute Gasteiger partial charge is 0.484 e. The van der Waals surface area contributed by atoms with Crippen molar-refractivity contribution in [1.29, 1.82) is 0 Å². The van der Waals surface area contributed by atoms with E-state index < -0.39 is 0 Å². The van der Waals surface area contributed by atoms with Crippen LogP contribution in [0.3, 0.4) is 0 Å². The lowest BCUT2D eigenvalue weighted by molar-refractivity contribution is 0.0779. The topological polar surface area (TPSA) is 55.6 Å². The number of carbonyl (C=O) groups is 1. The van der Waals surface area contributed by atoms with Gasteiger partial charge in [-0.15, -0.1) is 0 Å². The minimum atomic E-state index is -0.335. The number of halogens is 1. The second kappa shape index (κ2) is 7.82. The molecule has 26 heavy (non-hydrogen) atoms. The van der Waals surface area contributed by atoms with Crippen LogP contribution in [0.5, 0.6) is 5.75 Å². The van der Waals surface area contributed by atoms with Crippen molar-refractivity contribution in [3.63, 3.8) is 0 Å². The number of amides is 1. The number of aryl methyl sites for hydroxylation is 1. The van der Waals surface area contributed by atoms with E-state index in [1.165, 1.54) is 36.1 Å². The van der Waals surface area contributed by atoms with Gasteiger partial charge in [-0.3, -0.25) is 4.79 Å². The average Bonchev–Trinajstić information content (AvgIpc) is 3.11. The Balaban J connectivity index is 1.58. The van der Waals surface area contributed by atoms with Crippen LogP contribution in [0.4, 0.5) is 4.39 Å². The van der Waals surface area contributed by atoms with Gasteiger partial charge in [-0.1, -0.05) is 29.8 Å². The third-order valence-corrected chi connectivity index (χ3v) is 3.83. The zero-order valence-corrected chi connectivity index (χ0v) is 14.6. The van der Waals surface area contributed by atoms with Crippen molar-refractivity contribution in [2.45, 2.75) is 20.1 Å². The molecule has 0 N–H and O–H groups in total. The highest BCUT2D eigenvalue weighted by atomic mass is 19.1.